The zero-order chi connectivity index (χ0) is 27.8. The predicted octanol–water partition coefficient (Wildman–Crippen LogP) is 4.71. The van der Waals surface area contributed by atoms with Gasteiger partial charge in [-0.25, -0.2) is 14.2 Å². The number of nitrogens with one attached hydrogen (secondary N) is 1. The van der Waals surface area contributed by atoms with Crippen molar-refractivity contribution >= 4 is 30.6 Å². The smallest absolute Gasteiger partial charge is 0.435 e. The van der Waals surface area contributed by atoms with E-state index in [4.69, 9.17) is 18.5 Å². The van der Waals surface area contributed by atoms with Crippen LogP contribution in [0.15, 0.2) is 72.2 Å². The largest absolute Gasteiger partial charge is 0.445 e. The van der Waals surface area contributed by atoms with Gasteiger partial charge in [-0.2, -0.15) is 0 Å². The van der Waals surface area contributed by atoms with E-state index in [1.165, 1.54) is 10.5 Å². The van der Waals surface area contributed by atoms with Gasteiger partial charge in [-0.3, -0.25) is 13.4 Å². The standard InChI is InChI=1S/C28H34N3O7P/c1-21-11-12-26-25(16-21)24(13-15-30(2)3)18-31(26)39(34,37-19-35-27(32)22-8-5-4-6-9-22)38-20-36-28(33)23-10-7-14-29-17-23/h4-5,7,9,11-12,14,16-18,29H,6,8,10,13,15,19-20H2,1-3H3. The molecule has 2 heterocycles. The van der Waals surface area contributed by atoms with Crippen molar-refractivity contribution in [1.29, 1.82) is 0 Å². The molecule has 39 heavy (non-hydrogen) atoms. The molecule has 1 atom stereocenters. The van der Waals surface area contributed by atoms with Crippen molar-refractivity contribution in [2.45, 2.75) is 32.6 Å². The fraction of sp³-hybridized carbons (Fsp3) is 0.357. The molecule has 0 amide bonds. The number of benzene rings is 1. The third-order valence-electron chi connectivity index (χ3n) is 6.27. The van der Waals surface area contributed by atoms with Crippen LogP contribution in [0.3, 0.4) is 0 Å². The van der Waals surface area contributed by atoms with Crippen LogP contribution in [0.2, 0.25) is 0 Å². The molecule has 2 aromatic rings. The van der Waals surface area contributed by atoms with Gasteiger partial charge < -0.3 is 19.7 Å². The van der Waals surface area contributed by atoms with Crippen molar-refractivity contribution < 1.29 is 32.7 Å². The summed E-state index contributed by atoms with van der Waals surface area (Å²) in [5.41, 5.74) is 3.52. The number of likely N-dealkylation sites (N-methyl/N-ethyl adjacent to an activating group) is 1. The molecule has 11 heteroatoms. The summed E-state index contributed by atoms with van der Waals surface area (Å²) in [6.45, 7) is 1.52. The van der Waals surface area contributed by atoms with E-state index in [1.54, 1.807) is 24.5 Å². The highest BCUT2D eigenvalue weighted by Crippen LogP contribution is 2.52. The molecule has 2 aliphatic rings. The molecule has 0 bridgehead atoms. The average molecular weight is 556 g/mol. The normalized spacial score (nSPS) is 16.4. The van der Waals surface area contributed by atoms with Crippen molar-refractivity contribution in [3.63, 3.8) is 0 Å². The molecule has 4 rings (SSSR count). The van der Waals surface area contributed by atoms with Gasteiger partial charge in [0.1, 0.15) is 0 Å². The van der Waals surface area contributed by atoms with E-state index in [0.29, 0.717) is 42.3 Å². The Morgan fingerprint density at radius 1 is 1.03 bits per heavy atom. The van der Waals surface area contributed by atoms with Crippen LogP contribution >= 0.6 is 7.75 Å². The summed E-state index contributed by atoms with van der Waals surface area (Å²) in [4.78, 5) is 27.0. The zero-order valence-electron chi connectivity index (χ0n) is 22.4. The number of carbonyl (C=O) groups excluding carboxylic acids is 2. The van der Waals surface area contributed by atoms with Crippen molar-refractivity contribution in [2.24, 2.45) is 0 Å². The number of hydrogen-bond acceptors (Lipinski definition) is 9. The van der Waals surface area contributed by atoms with Crippen LogP contribution in [-0.2, 0) is 39.1 Å². The van der Waals surface area contributed by atoms with Gasteiger partial charge in [-0.05, 0) is 64.2 Å². The molecule has 0 spiro atoms. The van der Waals surface area contributed by atoms with Gasteiger partial charge in [0, 0.05) is 36.3 Å². The Balaban J connectivity index is 1.56. The van der Waals surface area contributed by atoms with Crippen molar-refractivity contribution in [1.82, 2.24) is 14.6 Å². The predicted molar refractivity (Wildman–Crippen MR) is 147 cm³/mol. The number of aryl methyl sites for hydroxylation is 1. The lowest BCUT2D eigenvalue weighted by molar-refractivity contribution is -0.147. The first kappa shape index (κ1) is 28.6. The van der Waals surface area contributed by atoms with Gasteiger partial charge in [-0.15, -0.1) is 0 Å². The van der Waals surface area contributed by atoms with Gasteiger partial charge in [0.25, 0.3) is 0 Å². The quantitative estimate of drug-likeness (QED) is 0.172. The Bertz CT molecular complexity index is 1330. The molecule has 1 aliphatic heterocycles. The van der Waals surface area contributed by atoms with Gasteiger partial charge in [0.15, 0.2) is 0 Å². The number of fused-ring (bicyclic) bond motifs is 1. The summed E-state index contributed by atoms with van der Waals surface area (Å²) >= 11 is 0. The molecular formula is C28H34N3O7P. The van der Waals surface area contributed by atoms with Crippen molar-refractivity contribution in [2.75, 3.05) is 34.2 Å². The van der Waals surface area contributed by atoms with Gasteiger partial charge in [0.05, 0.1) is 11.1 Å². The van der Waals surface area contributed by atoms with Crippen LogP contribution in [0.4, 0.5) is 0 Å². The maximum atomic E-state index is 14.2. The van der Waals surface area contributed by atoms with Crippen LogP contribution in [0.1, 0.15) is 30.4 Å². The summed E-state index contributed by atoms with van der Waals surface area (Å²) in [6, 6.07) is 5.75. The molecule has 1 aromatic heterocycles. The van der Waals surface area contributed by atoms with Crippen molar-refractivity contribution in [3.05, 3.63) is 83.4 Å². The highest BCUT2D eigenvalue weighted by molar-refractivity contribution is 7.52. The van der Waals surface area contributed by atoms with E-state index >= 15 is 0 Å². The Morgan fingerprint density at radius 2 is 1.74 bits per heavy atom. The van der Waals surface area contributed by atoms with Crippen LogP contribution in [0.5, 0.6) is 0 Å². The van der Waals surface area contributed by atoms with Gasteiger partial charge in [-0.1, -0.05) is 35.9 Å². The summed E-state index contributed by atoms with van der Waals surface area (Å²) < 4.78 is 37.5. The lowest BCUT2D eigenvalue weighted by atomic mass is 10.1. The lowest BCUT2D eigenvalue weighted by Crippen LogP contribution is -2.17. The second-order valence-corrected chi connectivity index (χ2v) is 11.4. The third-order valence-corrected chi connectivity index (χ3v) is 7.99. The summed E-state index contributed by atoms with van der Waals surface area (Å²) in [5, 5.41) is 3.74. The molecular weight excluding hydrogens is 521 g/mol. The minimum Gasteiger partial charge on any atom is -0.435 e. The molecule has 10 nitrogen and oxygen atoms in total. The highest BCUT2D eigenvalue weighted by Gasteiger charge is 2.32. The Labute approximate surface area is 228 Å². The van der Waals surface area contributed by atoms with E-state index in [0.717, 1.165) is 23.1 Å². The van der Waals surface area contributed by atoms with E-state index in [-0.39, 0.29) is 0 Å². The minimum atomic E-state index is -4.19. The van der Waals surface area contributed by atoms with E-state index < -0.39 is 33.3 Å². The first-order valence-electron chi connectivity index (χ1n) is 12.7. The van der Waals surface area contributed by atoms with E-state index in [2.05, 4.69) is 10.2 Å². The molecule has 208 valence electrons. The fourth-order valence-electron chi connectivity index (χ4n) is 4.15. The zero-order valence-corrected chi connectivity index (χ0v) is 23.3. The SMILES string of the molecule is Cc1ccc2c(c1)c(CCN(C)C)cn2P(=O)(OCOC(=O)C1=CCC=CC1)OCOC(=O)C1=CNC=CC1. The number of allylic oxidation sites excluding steroid dienone is 4. The summed E-state index contributed by atoms with van der Waals surface area (Å²) in [6.07, 6.45) is 14.6. The maximum Gasteiger partial charge on any atom is 0.445 e. The average Bonchev–Trinajstić information content (AvgIpc) is 3.31. The Kier molecular flexibility index (Phi) is 9.59. The molecule has 0 saturated heterocycles. The van der Waals surface area contributed by atoms with Crippen LogP contribution in [-0.4, -0.2) is 55.4 Å². The van der Waals surface area contributed by atoms with Crippen LogP contribution in [0.25, 0.3) is 10.9 Å². The monoisotopic (exact) mass is 555 g/mol. The first-order valence-corrected chi connectivity index (χ1v) is 14.2. The maximum absolute atomic E-state index is 14.2. The first-order chi connectivity index (χ1) is 18.8. The van der Waals surface area contributed by atoms with Gasteiger partial charge >= 0.3 is 19.7 Å². The Morgan fingerprint density at radius 3 is 2.38 bits per heavy atom. The van der Waals surface area contributed by atoms with Crippen LogP contribution < -0.4 is 5.32 Å². The molecule has 0 saturated carbocycles. The number of hydrogen-bond donors (Lipinski definition) is 1. The molecule has 0 fully saturated rings. The molecule has 1 aromatic carbocycles. The second-order valence-electron chi connectivity index (χ2n) is 9.48. The van der Waals surface area contributed by atoms with Crippen LogP contribution in [0, 0.1) is 6.92 Å². The summed E-state index contributed by atoms with van der Waals surface area (Å²) in [7, 11) is -0.223. The summed E-state index contributed by atoms with van der Waals surface area (Å²) in [5.74, 6) is -1.16. The molecule has 1 N–H and O–H groups in total. The topological polar surface area (TPSA) is 108 Å². The number of ether oxygens (including phenoxy) is 2. The van der Waals surface area contributed by atoms with E-state index in [1.807, 2.05) is 51.4 Å². The molecule has 1 unspecified atom stereocenters. The number of rotatable bonds is 12. The Hall–Kier alpha value is -3.43. The second kappa shape index (κ2) is 13.1. The van der Waals surface area contributed by atoms with E-state index in [9.17, 15) is 14.2 Å². The number of nitrogens with zero attached hydrogens (tertiary/aromatic N) is 2. The molecule has 0 radical (unpaired) electrons. The molecule has 1 aliphatic carbocycles. The highest BCUT2D eigenvalue weighted by atomic mass is 31.2. The number of dihydropyridines is 1. The number of carbonyl (C=O) groups is 2. The number of aromatic nitrogens is 1. The van der Waals surface area contributed by atoms with Gasteiger partial charge in [0.2, 0.25) is 13.6 Å². The fourth-order valence-corrected chi connectivity index (χ4v) is 5.56. The third kappa shape index (κ3) is 7.36. The van der Waals surface area contributed by atoms with Crippen molar-refractivity contribution in [3.8, 4) is 0 Å². The number of esters is 2. The lowest BCUT2D eigenvalue weighted by Gasteiger charge is -2.20. The minimum absolute atomic E-state index is 0.397.